The number of carbonyl (C=O) groups is 1. The number of carboxylic acid groups (broad SMARTS) is 1. The third-order valence-electron chi connectivity index (χ3n) is 3.84. The predicted molar refractivity (Wildman–Crippen MR) is 75.8 cm³/mol. The molecule has 0 aliphatic carbocycles. The van der Waals surface area contributed by atoms with Gasteiger partial charge in [-0.3, -0.25) is 4.68 Å². The fourth-order valence-corrected chi connectivity index (χ4v) is 2.81. The molecule has 0 unspecified atom stereocenters. The van der Waals surface area contributed by atoms with Gasteiger partial charge in [0.2, 0.25) is 0 Å². The van der Waals surface area contributed by atoms with Gasteiger partial charge in [-0.1, -0.05) is 24.3 Å². The third kappa shape index (κ3) is 2.10. The lowest BCUT2D eigenvalue weighted by molar-refractivity contribution is 0.0689. The lowest BCUT2D eigenvalue weighted by Crippen LogP contribution is -2.41. The molecule has 2 aromatic rings. The number of hydrogen-bond acceptors (Lipinski definition) is 3. The van der Waals surface area contributed by atoms with Gasteiger partial charge in [-0.05, 0) is 18.7 Å². The molecule has 0 bridgehead atoms. The van der Waals surface area contributed by atoms with Crippen molar-refractivity contribution in [2.24, 2.45) is 7.05 Å². The number of benzene rings is 1. The van der Waals surface area contributed by atoms with Crippen LogP contribution in [0.2, 0.25) is 0 Å². The molecule has 1 aliphatic heterocycles. The first-order valence-electron chi connectivity index (χ1n) is 6.61. The van der Waals surface area contributed by atoms with Crippen LogP contribution in [0.15, 0.2) is 30.3 Å². The van der Waals surface area contributed by atoms with E-state index in [4.69, 9.17) is 5.11 Å². The van der Waals surface area contributed by atoms with Gasteiger partial charge < -0.3 is 10.0 Å². The number of rotatable bonds is 3. The molecule has 0 radical (unpaired) electrons. The van der Waals surface area contributed by atoms with Gasteiger partial charge >= 0.3 is 5.97 Å². The third-order valence-corrected chi connectivity index (χ3v) is 3.84. The van der Waals surface area contributed by atoms with E-state index in [1.807, 2.05) is 18.2 Å². The Hall–Kier alpha value is -2.14. The minimum atomic E-state index is -0.993. The summed E-state index contributed by atoms with van der Waals surface area (Å²) in [5.74, 6) is -0.480. The van der Waals surface area contributed by atoms with Crippen LogP contribution in [0.4, 0.5) is 0 Å². The number of aryl methyl sites for hydroxylation is 1. The second-order valence-corrected chi connectivity index (χ2v) is 5.35. The summed E-state index contributed by atoms with van der Waals surface area (Å²) >= 11 is 0. The molecular formula is C15H17N3O2. The average Bonchev–Trinajstić information content (AvgIpc) is 2.77. The van der Waals surface area contributed by atoms with Gasteiger partial charge in [0.15, 0.2) is 5.69 Å². The van der Waals surface area contributed by atoms with Crippen molar-refractivity contribution in [3.8, 4) is 11.3 Å². The van der Waals surface area contributed by atoms with E-state index in [0.717, 1.165) is 24.3 Å². The normalized spacial score (nSPS) is 16.1. The lowest BCUT2D eigenvalue weighted by atomic mass is 9.87. The summed E-state index contributed by atoms with van der Waals surface area (Å²) in [6, 6.07) is 9.82. The second kappa shape index (κ2) is 4.76. The van der Waals surface area contributed by atoms with Gasteiger partial charge in [-0.25, -0.2) is 4.79 Å². The number of nitrogens with zero attached hydrogens (tertiary/aromatic N) is 3. The van der Waals surface area contributed by atoms with E-state index in [-0.39, 0.29) is 5.69 Å². The van der Waals surface area contributed by atoms with E-state index >= 15 is 0 Å². The van der Waals surface area contributed by atoms with E-state index < -0.39 is 5.97 Å². The van der Waals surface area contributed by atoms with Gasteiger partial charge in [0, 0.05) is 31.6 Å². The van der Waals surface area contributed by atoms with Crippen LogP contribution in [0.5, 0.6) is 0 Å². The van der Waals surface area contributed by atoms with Crippen LogP contribution in [-0.4, -0.2) is 45.9 Å². The second-order valence-electron chi connectivity index (χ2n) is 5.35. The fraction of sp³-hybridized carbons (Fsp3) is 0.333. The van der Waals surface area contributed by atoms with Gasteiger partial charge in [-0.15, -0.1) is 0 Å². The quantitative estimate of drug-likeness (QED) is 0.925. The summed E-state index contributed by atoms with van der Waals surface area (Å²) in [5, 5.41) is 13.1. The Bertz CT molecular complexity index is 657. The molecule has 1 fully saturated rings. The number of likely N-dealkylation sites (tertiary alicyclic amines) is 1. The molecule has 0 spiro atoms. The van der Waals surface area contributed by atoms with Crippen LogP contribution in [-0.2, 0) is 7.05 Å². The number of likely N-dealkylation sites (N-methyl/N-ethyl adjacent to an activating group) is 1. The van der Waals surface area contributed by atoms with E-state index in [9.17, 15) is 4.79 Å². The first kappa shape index (κ1) is 12.9. The van der Waals surface area contributed by atoms with Crippen LogP contribution < -0.4 is 0 Å². The van der Waals surface area contributed by atoms with Gasteiger partial charge in [0.25, 0.3) is 0 Å². The van der Waals surface area contributed by atoms with Crippen LogP contribution >= 0.6 is 0 Å². The van der Waals surface area contributed by atoms with Crippen molar-refractivity contribution in [2.45, 2.75) is 5.92 Å². The average molecular weight is 271 g/mol. The zero-order valence-electron chi connectivity index (χ0n) is 11.6. The molecule has 2 heterocycles. The van der Waals surface area contributed by atoms with Gasteiger partial charge in [0.05, 0.1) is 5.69 Å². The topological polar surface area (TPSA) is 58.4 Å². The highest BCUT2D eigenvalue weighted by Gasteiger charge is 2.27. The highest BCUT2D eigenvalue weighted by molar-refractivity contribution is 5.87. The maximum Gasteiger partial charge on any atom is 0.356 e. The molecular weight excluding hydrogens is 254 g/mol. The van der Waals surface area contributed by atoms with Crippen molar-refractivity contribution in [1.29, 1.82) is 0 Å². The molecule has 1 saturated heterocycles. The van der Waals surface area contributed by atoms with Crippen molar-refractivity contribution in [2.75, 3.05) is 20.1 Å². The van der Waals surface area contributed by atoms with Crippen molar-refractivity contribution in [3.63, 3.8) is 0 Å². The molecule has 1 aliphatic rings. The summed E-state index contributed by atoms with van der Waals surface area (Å²) in [6.45, 7) is 2.08. The van der Waals surface area contributed by atoms with Crippen LogP contribution in [0.3, 0.4) is 0 Å². The summed E-state index contributed by atoms with van der Waals surface area (Å²) in [4.78, 5) is 13.3. The Kier molecular flexibility index (Phi) is 3.06. The zero-order valence-corrected chi connectivity index (χ0v) is 11.6. The first-order valence-corrected chi connectivity index (χ1v) is 6.61. The molecule has 1 aromatic heterocycles. The van der Waals surface area contributed by atoms with Crippen LogP contribution in [0, 0.1) is 0 Å². The molecule has 3 rings (SSSR count). The minimum absolute atomic E-state index is 0.0861. The molecule has 1 aromatic carbocycles. The molecule has 0 atom stereocenters. The SMILES string of the molecule is CN1CC(c2ccccc2-c2cc(C(=O)O)nn2C)C1. The van der Waals surface area contributed by atoms with E-state index in [1.165, 1.54) is 5.56 Å². The molecule has 20 heavy (non-hydrogen) atoms. The van der Waals surface area contributed by atoms with Crippen molar-refractivity contribution < 1.29 is 9.90 Å². The zero-order chi connectivity index (χ0) is 14.3. The Balaban J connectivity index is 2.04. The molecule has 5 heteroatoms. The standard InChI is InChI=1S/C15H17N3O2/c1-17-8-10(9-17)11-5-3-4-6-12(11)14-7-13(15(19)20)16-18(14)2/h3-7,10H,8-9H2,1-2H3,(H,19,20). The monoisotopic (exact) mass is 271 g/mol. The summed E-state index contributed by atoms with van der Waals surface area (Å²) < 4.78 is 1.64. The number of hydrogen-bond donors (Lipinski definition) is 1. The Morgan fingerprint density at radius 3 is 2.60 bits per heavy atom. The summed E-state index contributed by atoms with van der Waals surface area (Å²) in [7, 11) is 3.89. The highest BCUT2D eigenvalue weighted by Crippen LogP contribution is 2.34. The molecule has 0 amide bonds. The minimum Gasteiger partial charge on any atom is -0.476 e. The van der Waals surface area contributed by atoms with E-state index in [0.29, 0.717) is 5.92 Å². The Morgan fingerprint density at radius 1 is 1.30 bits per heavy atom. The molecule has 1 N–H and O–H groups in total. The highest BCUT2D eigenvalue weighted by atomic mass is 16.4. The lowest BCUT2D eigenvalue weighted by Gasteiger charge is -2.37. The first-order chi connectivity index (χ1) is 9.56. The Morgan fingerprint density at radius 2 is 2.00 bits per heavy atom. The fourth-order valence-electron chi connectivity index (χ4n) is 2.81. The van der Waals surface area contributed by atoms with Crippen molar-refractivity contribution in [1.82, 2.24) is 14.7 Å². The smallest absolute Gasteiger partial charge is 0.356 e. The number of aromatic nitrogens is 2. The van der Waals surface area contributed by atoms with E-state index in [1.54, 1.807) is 17.8 Å². The predicted octanol–water partition coefficient (Wildman–Crippen LogP) is 1.81. The van der Waals surface area contributed by atoms with Gasteiger partial charge in [-0.2, -0.15) is 5.10 Å². The summed E-state index contributed by atoms with van der Waals surface area (Å²) in [6.07, 6.45) is 0. The maximum atomic E-state index is 11.0. The van der Waals surface area contributed by atoms with Crippen molar-refractivity contribution >= 4 is 5.97 Å². The maximum absolute atomic E-state index is 11.0. The molecule has 0 saturated carbocycles. The Labute approximate surface area is 117 Å². The van der Waals surface area contributed by atoms with Crippen LogP contribution in [0.25, 0.3) is 11.3 Å². The van der Waals surface area contributed by atoms with Gasteiger partial charge in [0.1, 0.15) is 0 Å². The summed E-state index contributed by atoms with van der Waals surface area (Å²) in [5.41, 5.74) is 3.29. The van der Waals surface area contributed by atoms with E-state index in [2.05, 4.69) is 23.1 Å². The number of aromatic carboxylic acids is 1. The van der Waals surface area contributed by atoms with Crippen LogP contribution in [0.1, 0.15) is 22.0 Å². The molecule has 5 nitrogen and oxygen atoms in total. The molecule has 104 valence electrons. The number of carboxylic acids is 1. The largest absolute Gasteiger partial charge is 0.476 e. The van der Waals surface area contributed by atoms with Crippen molar-refractivity contribution in [3.05, 3.63) is 41.6 Å².